The summed E-state index contributed by atoms with van der Waals surface area (Å²) in [6.07, 6.45) is 2.02. The number of nitrogens with zero attached hydrogens (tertiary/aromatic N) is 4. The third-order valence-electron chi connectivity index (χ3n) is 5.88. The molecule has 0 unspecified atom stereocenters. The molecule has 0 aromatic rings. The first-order chi connectivity index (χ1) is 19.0. The van der Waals surface area contributed by atoms with Gasteiger partial charge in [-0.1, -0.05) is 25.7 Å². The van der Waals surface area contributed by atoms with E-state index >= 15 is 0 Å². The summed E-state index contributed by atoms with van der Waals surface area (Å²) >= 11 is 0. The van der Waals surface area contributed by atoms with Gasteiger partial charge in [-0.3, -0.25) is 19.2 Å². The normalized spacial score (nSPS) is 23.0. The first kappa shape index (κ1) is 41.1. The minimum absolute atomic E-state index is 0. The molecular weight excluding hydrogens is 742 g/mol. The Hall–Kier alpha value is -2.99. The van der Waals surface area contributed by atoms with E-state index in [1.807, 2.05) is 0 Å². The molecule has 2 radical (unpaired) electrons. The molecule has 4 amide bonds. The van der Waals surface area contributed by atoms with Gasteiger partial charge in [0.2, 0.25) is 0 Å². The van der Waals surface area contributed by atoms with Gasteiger partial charge in [-0.15, -0.1) is 26.2 Å². The smallest absolute Gasteiger partial charge is 0.653 e. The van der Waals surface area contributed by atoms with Gasteiger partial charge in [0.05, 0.1) is 75.7 Å². The van der Waals surface area contributed by atoms with Crippen LogP contribution in [0.25, 0.3) is 21.3 Å². The minimum Gasteiger partial charge on any atom is -0.653 e. The number of ether oxygens (including phenoxy) is 4. The van der Waals surface area contributed by atoms with E-state index in [0.29, 0.717) is 51.9 Å². The molecule has 4 atom stereocenters. The SMILES string of the molecule is COC(=O)[C@@H]1CC[N-]C1=O.COC(=O)[C@@H]1CC[N-]C1=O.COC(=O)[C@@H]1CC[N-]C1=O.COC(=O)[C@@H]1CC[N-]C1=O.[Rh+2].[Rh+2]. The van der Waals surface area contributed by atoms with E-state index in [1.165, 1.54) is 28.4 Å². The van der Waals surface area contributed by atoms with E-state index in [0.717, 1.165) is 0 Å². The van der Waals surface area contributed by atoms with Crippen molar-refractivity contribution in [1.29, 1.82) is 0 Å². The van der Waals surface area contributed by atoms with Gasteiger partial charge >= 0.3 is 62.8 Å². The van der Waals surface area contributed by atoms with Crippen LogP contribution in [-0.4, -0.2) is 102 Å². The average Bonchev–Trinajstić information content (AvgIpc) is 3.77. The topological polar surface area (TPSA) is 230 Å². The Morgan fingerprint density at radius 2 is 0.619 bits per heavy atom. The van der Waals surface area contributed by atoms with Crippen LogP contribution in [0.1, 0.15) is 25.7 Å². The molecule has 4 saturated heterocycles. The first-order valence-corrected chi connectivity index (χ1v) is 12.2. The molecule has 0 N–H and O–H groups in total. The van der Waals surface area contributed by atoms with Crippen molar-refractivity contribution in [3.8, 4) is 0 Å². The van der Waals surface area contributed by atoms with E-state index in [9.17, 15) is 38.4 Å². The monoisotopic (exact) mass is 774 g/mol. The Morgan fingerprint density at radius 1 is 0.452 bits per heavy atom. The van der Waals surface area contributed by atoms with Crippen LogP contribution in [0.4, 0.5) is 0 Å². The number of methoxy groups -OCH3 is 4. The number of amides is 4. The van der Waals surface area contributed by atoms with Gasteiger partial charge in [-0.05, 0) is 0 Å². The maximum Gasteiger partial charge on any atom is 2.00 e. The van der Waals surface area contributed by atoms with Crippen molar-refractivity contribution >= 4 is 47.5 Å². The molecule has 238 valence electrons. The second kappa shape index (κ2) is 21.7. The number of carbonyl (C=O) groups is 8. The van der Waals surface area contributed by atoms with Gasteiger partial charge in [-0.25, -0.2) is 0 Å². The van der Waals surface area contributed by atoms with Gasteiger partial charge < -0.3 is 59.4 Å². The van der Waals surface area contributed by atoms with Gasteiger partial charge in [0.25, 0.3) is 0 Å². The quantitative estimate of drug-likeness (QED) is 0.163. The van der Waals surface area contributed by atoms with Gasteiger partial charge in [0.15, 0.2) is 0 Å². The third-order valence-corrected chi connectivity index (χ3v) is 5.88. The van der Waals surface area contributed by atoms with E-state index in [-0.39, 0.29) is 62.6 Å². The largest absolute Gasteiger partial charge is 2.00 e. The summed E-state index contributed by atoms with van der Waals surface area (Å²) in [6, 6.07) is 0. The molecule has 0 aliphatic carbocycles. The van der Waals surface area contributed by atoms with Crippen LogP contribution in [0.5, 0.6) is 0 Å². The van der Waals surface area contributed by atoms with E-state index in [4.69, 9.17) is 0 Å². The molecule has 4 fully saturated rings. The van der Waals surface area contributed by atoms with Crippen LogP contribution in [0, 0.1) is 23.7 Å². The maximum atomic E-state index is 10.7. The molecule has 4 aliphatic rings. The third kappa shape index (κ3) is 12.9. The Kier molecular flexibility index (Phi) is 21.2. The van der Waals surface area contributed by atoms with Crippen molar-refractivity contribution in [2.24, 2.45) is 23.7 Å². The molecule has 4 heterocycles. The summed E-state index contributed by atoms with van der Waals surface area (Å²) < 4.78 is 17.5. The fraction of sp³-hybridized carbons (Fsp3) is 0.667. The van der Waals surface area contributed by atoms with Crippen LogP contribution in [0.15, 0.2) is 0 Å². The minimum atomic E-state index is -0.620. The van der Waals surface area contributed by atoms with Crippen molar-refractivity contribution in [3.63, 3.8) is 0 Å². The number of esters is 4. The molecule has 0 spiro atoms. The molecule has 0 bridgehead atoms. The van der Waals surface area contributed by atoms with Crippen molar-refractivity contribution in [3.05, 3.63) is 21.3 Å². The first-order valence-electron chi connectivity index (χ1n) is 12.2. The molecule has 4 rings (SSSR count). The molecular formula is C24H32N4O12Rh2. The number of hydrogen-bond donors (Lipinski definition) is 0. The van der Waals surface area contributed by atoms with Crippen LogP contribution in [-0.2, 0) is 96.3 Å². The van der Waals surface area contributed by atoms with Crippen molar-refractivity contribution in [1.82, 2.24) is 0 Å². The predicted molar refractivity (Wildman–Crippen MR) is 133 cm³/mol. The maximum absolute atomic E-state index is 10.7. The standard InChI is InChI=1S/4C6H9NO3.2Rh/c4*1-10-6(9)4-2-3-7-5(4)8;;/h4*4H,2-3H2,1H3,(H,7,8);;/q;;;;2*+2/p-4/t4*4-;;/m1111../s1. The van der Waals surface area contributed by atoms with Gasteiger partial charge in [-0.2, -0.15) is 0 Å². The summed E-state index contributed by atoms with van der Waals surface area (Å²) in [6.45, 7) is 1.83. The Morgan fingerprint density at radius 3 is 0.714 bits per heavy atom. The number of carbonyl (C=O) groups excluding carboxylic acids is 8. The molecule has 16 nitrogen and oxygen atoms in total. The van der Waals surface area contributed by atoms with E-state index < -0.39 is 47.5 Å². The molecule has 42 heavy (non-hydrogen) atoms. The summed E-state index contributed by atoms with van der Waals surface area (Å²) in [5.74, 6) is -5.71. The van der Waals surface area contributed by atoms with Crippen molar-refractivity contribution in [2.45, 2.75) is 25.7 Å². The van der Waals surface area contributed by atoms with E-state index in [2.05, 4.69) is 40.2 Å². The fourth-order valence-electron chi connectivity index (χ4n) is 3.59. The Balaban J connectivity index is 0. The zero-order valence-corrected chi connectivity index (χ0v) is 26.6. The summed E-state index contributed by atoms with van der Waals surface area (Å²) in [7, 11) is 5.09. The average molecular weight is 774 g/mol. The zero-order valence-electron chi connectivity index (χ0n) is 23.3. The van der Waals surface area contributed by atoms with Crippen LogP contribution in [0.2, 0.25) is 0 Å². The van der Waals surface area contributed by atoms with Gasteiger partial charge in [0, 0.05) is 0 Å². The molecule has 0 aromatic heterocycles. The fourth-order valence-corrected chi connectivity index (χ4v) is 3.59. The van der Waals surface area contributed by atoms with Crippen LogP contribution >= 0.6 is 0 Å². The zero-order chi connectivity index (χ0) is 30.2. The predicted octanol–water partition coefficient (Wildman–Crippen LogP) is 0.313. The molecule has 18 heteroatoms. The van der Waals surface area contributed by atoms with Crippen LogP contribution in [0.3, 0.4) is 0 Å². The van der Waals surface area contributed by atoms with Crippen LogP contribution < -0.4 is 0 Å². The Labute approximate surface area is 268 Å². The number of rotatable bonds is 4. The second-order valence-corrected chi connectivity index (χ2v) is 8.34. The van der Waals surface area contributed by atoms with Gasteiger partial charge in [0.1, 0.15) is 0 Å². The Bertz CT molecular complexity index is 829. The summed E-state index contributed by atoms with van der Waals surface area (Å²) in [4.78, 5) is 85.7. The molecule has 0 aromatic carbocycles. The second-order valence-electron chi connectivity index (χ2n) is 8.34. The number of hydrogen-bond acceptors (Lipinski definition) is 12. The summed E-state index contributed by atoms with van der Waals surface area (Å²) in [5, 5.41) is 14.2. The molecule has 0 saturated carbocycles. The van der Waals surface area contributed by atoms with Crippen molar-refractivity contribution < 1.29 is 96.3 Å². The van der Waals surface area contributed by atoms with Crippen molar-refractivity contribution in [2.75, 3.05) is 54.6 Å². The summed E-state index contributed by atoms with van der Waals surface area (Å²) in [5.41, 5.74) is 0. The van der Waals surface area contributed by atoms with E-state index in [1.54, 1.807) is 0 Å². The molecule has 4 aliphatic heterocycles.